The van der Waals surface area contributed by atoms with Gasteiger partial charge >= 0.3 is 0 Å². The van der Waals surface area contributed by atoms with Crippen molar-refractivity contribution in [2.75, 3.05) is 11.9 Å². The number of rotatable bonds is 5. The molecular formula is C20H22N6. The van der Waals surface area contributed by atoms with Crippen LogP contribution in [0.1, 0.15) is 31.9 Å². The van der Waals surface area contributed by atoms with Crippen LogP contribution in [-0.4, -0.2) is 16.5 Å². The summed E-state index contributed by atoms with van der Waals surface area (Å²) in [6.45, 7) is 7.43. The molecule has 0 unspecified atom stereocenters. The number of anilines is 1. The van der Waals surface area contributed by atoms with Gasteiger partial charge in [0.15, 0.2) is 0 Å². The predicted octanol–water partition coefficient (Wildman–Crippen LogP) is 5.52. The Bertz CT molecular complexity index is 950. The lowest BCUT2D eigenvalue weighted by Crippen LogP contribution is -2.11. The summed E-state index contributed by atoms with van der Waals surface area (Å²) in [4.78, 5) is 11.4. The molecule has 6 nitrogen and oxygen atoms in total. The number of hydrogen-bond acceptors (Lipinski definition) is 4. The Morgan fingerprint density at radius 1 is 1.08 bits per heavy atom. The molecule has 0 atom stereocenters. The van der Waals surface area contributed by atoms with Gasteiger partial charge in [0.2, 0.25) is 0 Å². The smallest absolute Gasteiger partial charge is 0.137 e. The fourth-order valence-corrected chi connectivity index (χ4v) is 2.80. The third kappa shape index (κ3) is 4.10. The minimum absolute atomic E-state index is 0.172. The van der Waals surface area contributed by atoms with Crippen molar-refractivity contribution in [3.8, 4) is 0 Å². The van der Waals surface area contributed by atoms with Crippen LogP contribution in [-0.2, 0) is 11.8 Å². The van der Waals surface area contributed by atoms with Crippen LogP contribution < -0.4 is 5.32 Å². The van der Waals surface area contributed by atoms with Crippen LogP contribution in [0.4, 0.5) is 11.5 Å². The molecule has 2 aromatic carbocycles. The zero-order chi connectivity index (χ0) is 18.6. The van der Waals surface area contributed by atoms with E-state index in [4.69, 9.17) is 5.53 Å². The molecule has 0 saturated carbocycles. The Morgan fingerprint density at radius 3 is 2.54 bits per heavy atom. The highest BCUT2D eigenvalue weighted by molar-refractivity contribution is 5.90. The van der Waals surface area contributed by atoms with E-state index in [1.807, 2.05) is 6.07 Å². The van der Waals surface area contributed by atoms with Crippen molar-refractivity contribution in [1.29, 1.82) is 0 Å². The van der Waals surface area contributed by atoms with Crippen molar-refractivity contribution in [1.82, 2.24) is 9.97 Å². The normalized spacial score (nSPS) is 11.2. The van der Waals surface area contributed by atoms with Crippen molar-refractivity contribution < 1.29 is 0 Å². The number of nitrogens with one attached hydrogen (secondary N) is 1. The second-order valence-corrected chi connectivity index (χ2v) is 7.24. The zero-order valence-corrected chi connectivity index (χ0v) is 15.3. The van der Waals surface area contributed by atoms with Crippen LogP contribution in [0.3, 0.4) is 0 Å². The number of aromatic nitrogens is 2. The minimum Gasteiger partial charge on any atom is -0.369 e. The Hall–Kier alpha value is -3.11. The lowest BCUT2D eigenvalue weighted by Gasteiger charge is -2.19. The lowest BCUT2D eigenvalue weighted by molar-refractivity contribution is 0.590. The van der Waals surface area contributed by atoms with E-state index in [9.17, 15) is 0 Å². The van der Waals surface area contributed by atoms with Gasteiger partial charge in [0.05, 0.1) is 5.52 Å². The fourth-order valence-electron chi connectivity index (χ4n) is 2.80. The first kappa shape index (κ1) is 17.7. The fraction of sp³-hybridized carbons (Fsp3) is 0.300. The molecule has 0 aliphatic rings. The largest absolute Gasteiger partial charge is 0.369 e. The molecule has 132 valence electrons. The van der Waals surface area contributed by atoms with E-state index in [2.05, 4.69) is 70.3 Å². The molecule has 6 heteroatoms. The lowest BCUT2D eigenvalue weighted by atomic mass is 9.86. The quantitative estimate of drug-likeness (QED) is 0.374. The molecule has 1 heterocycles. The average Bonchev–Trinajstić information content (AvgIpc) is 2.62. The molecular weight excluding hydrogens is 324 g/mol. The van der Waals surface area contributed by atoms with Crippen LogP contribution in [0.25, 0.3) is 21.3 Å². The van der Waals surface area contributed by atoms with Gasteiger partial charge < -0.3 is 5.32 Å². The Morgan fingerprint density at radius 2 is 1.85 bits per heavy atom. The van der Waals surface area contributed by atoms with Crippen molar-refractivity contribution in [2.45, 2.75) is 32.6 Å². The number of fused-ring (bicyclic) bond motifs is 1. The molecule has 0 saturated heterocycles. The Labute approximate surface area is 152 Å². The second-order valence-electron chi connectivity index (χ2n) is 7.24. The van der Waals surface area contributed by atoms with Gasteiger partial charge in [-0.2, -0.15) is 0 Å². The highest BCUT2D eigenvalue weighted by atomic mass is 15.1. The molecule has 1 aromatic heterocycles. The minimum atomic E-state index is 0.172. The van der Waals surface area contributed by atoms with Crippen LogP contribution in [0, 0.1) is 0 Å². The maximum atomic E-state index is 8.55. The predicted molar refractivity (Wildman–Crippen MR) is 106 cm³/mol. The molecule has 1 N–H and O–H groups in total. The van der Waals surface area contributed by atoms with Gasteiger partial charge in [0.1, 0.15) is 12.1 Å². The monoisotopic (exact) mass is 346 g/mol. The first-order valence-electron chi connectivity index (χ1n) is 8.60. The molecule has 0 aliphatic heterocycles. The van der Waals surface area contributed by atoms with Crippen molar-refractivity contribution in [3.63, 3.8) is 0 Å². The SMILES string of the molecule is CC(C)(C)c1ccc(CCNc2ncnc3cc(N=[N+]=[N-])ccc23)cc1. The van der Waals surface area contributed by atoms with Crippen molar-refractivity contribution in [3.05, 3.63) is 70.4 Å². The third-order valence-corrected chi connectivity index (χ3v) is 4.31. The Balaban J connectivity index is 1.69. The maximum Gasteiger partial charge on any atom is 0.137 e. The van der Waals surface area contributed by atoms with E-state index in [1.54, 1.807) is 12.1 Å². The summed E-state index contributed by atoms with van der Waals surface area (Å²) in [5.41, 5.74) is 12.6. The van der Waals surface area contributed by atoms with Crippen LogP contribution >= 0.6 is 0 Å². The first-order chi connectivity index (χ1) is 12.5. The standard InChI is InChI=1S/C20H22N6/c1-20(2,3)15-6-4-14(5-7-15)10-11-22-19-17-9-8-16(25-26-21)12-18(17)23-13-24-19/h4-9,12-13H,10-11H2,1-3H3,(H,22,23,24). The summed E-state index contributed by atoms with van der Waals surface area (Å²) in [6, 6.07) is 14.2. The van der Waals surface area contributed by atoms with Gasteiger partial charge in [-0.15, -0.1) is 0 Å². The summed E-state index contributed by atoms with van der Waals surface area (Å²) in [5.74, 6) is 0.786. The Kier molecular flexibility index (Phi) is 5.05. The topological polar surface area (TPSA) is 86.6 Å². The summed E-state index contributed by atoms with van der Waals surface area (Å²) in [7, 11) is 0. The van der Waals surface area contributed by atoms with Gasteiger partial charge in [-0.05, 0) is 40.6 Å². The van der Waals surface area contributed by atoms with Crippen LogP contribution in [0.5, 0.6) is 0 Å². The summed E-state index contributed by atoms with van der Waals surface area (Å²) >= 11 is 0. The maximum absolute atomic E-state index is 8.55. The summed E-state index contributed by atoms with van der Waals surface area (Å²) in [5, 5.41) is 7.90. The van der Waals surface area contributed by atoms with Gasteiger partial charge in [-0.25, -0.2) is 9.97 Å². The second kappa shape index (κ2) is 7.42. The molecule has 0 fully saturated rings. The molecule has 0 spiro atoms. The van der Waals surface area contributed by atoms with Crippen LogP contribution in [0.15, 0.2) is 53.9 Å². The molecule has 0 amide bonds. The highest BCUT2D eigenvalue weighted by Gasteiger charge is 2.12. The molecule has 3 rings (SSSR count). The van der Waals surface area contributed by atoms with Crippen molar-refractivity contribution in [2.24, 2.45) is 5.11 Å². The zero-order valence-electron chi connectivity index (χ0n) is 15.3. The van der Waals surface area contributed by atoms with E-state index < -0.39 is 0 Å². The van der Waals surface area contributed by atoms with E-state index in [0.29, 0.717) is 5.69 Å². The summed E-state index contributed by atoms with van der Waals surface area (Å²) in [6.07, 6.45) is 2.43. The molecule has 0 aliphatic carbocycles. The van der Waals surface area contributed by atoms with Crippen LogP contribution in [0.2, 0.25) is 0 Å². The molecule has 0 bridgehead atoms. The summed E-state index contributed by atoms with van der Waals surface area (Å²) < 4.78 is 0. The molecule has 26 heavy (non-hydrogen) atoms. The highest BCUT2D eigenvalue weighted by Crippen LogP contribution is 2.25. The third-order valence-electron chi connectivity index (χ3n) is 4.31. The van der Waals surface area contributed by atoms with E-state index in [0.717, 1.165) is 29.7 Å². The van der Waals surface area contributed by atoms with Gasteiger partial charge in [0.25, 0.3) is 0 Å². The van der Waals surface area contributed by atoms with Gasteiger partial charge in [0, 0.05) is 22.5 Å². The molecule has 3 aromatic rings. The van der Waals surface area contributed by atoms with Gasteiger partial charge in [-0.3, -0.25) is 0 Å². The molecule has 0 radical (unpaired) electrons. The van der Waals surface area contributed by atoms with E-state index >= 15 is 0 Å². The average molecular weight is 346 g/mol. The van der Waals surface area contributed by atoms with E-state index in [1.165, 1.54) is 17.5 Å². The van der Waals surface area contributed by atoms with E-state index in [-0.39, 0.29) is 5.41 Å². The van der Waals surface area contributed by atoms with Crippen molar-refractivity contribution >= 4 is 22.4 Å². The van der Waals surface area contributed by atoms with Gasteiger partial charge in [-0.1, -0.05) is 56.2 Å². The number of nitrogens with zero attached hydrogens (tertiary/aromatic N) is 5. The number of azide groups is 1. The first-order valence-corrected chi connectivity index (χ1v) is 8.60. The number of benzene rings is 2. The number of hydrogen-bond donors (Lipinski definition) is 1.